The Labute approximate surface area is 512 Å². The fraction of sp³-hybridized carbons (Fsp3) is 0. The lowest BCUT2D eigenvalue weighted by Gasteiger charge is -2.21. The molecular weight excluding hydrogens is 1090 g/mol. The highest BCUT2D eigenvalue weighted by Gasteiger charge is 2.25. The number of hydrogen-bond acceptors (Lipinski definition) is 10. The molecule has 0 saturated heterocycles. The van der Waals surface area contributed by atoms with E-state index in [0.717, 1.165) is 111 Å². The molecular formula is C78H47N11. The maximum absolute atomic E-state index is 10.2. The average molecular weight is 1140 g/mol. The van der Waals surface area contributed by atoms with Gasteiger partial charge in [-0.15, -0.1) is 0 Å². The molecule has 15 rings (SSSR count). The third-order valence-electron chi connectivity index (χ3n) is 15.8. The van der Waals surface area contributed by atoms with E-state index < -0.39 is 0 Å². The first-order valence-corrected chi connectivity index (χ1v) is 29.0. The molecule has 0 spiro atoms. The van der Waals surface area contributed by atoms with Crippen molar-refractivity contribution in [2.75, 3.05) is 0 Å². The van der Waals surface area contributed by atoms with E-state index in [1.807, 2.05) is 212 Å². The molecule has 0 radical (unpaired) electrons. The van der Waals surface area contributed by atoms with Gasteiger partial charge in [-0.2, -0.15) is 10.5 Å². The summed E-state index contributed by atoms with van der Waals surface area (Å²) in [6.07, 6.45) is 0. The minimum Gasteiger partial charge on any atom is -0.308 e. The van der Waals surface area contributed by atoms with E-state index in [1.165, 1.54) is 0 Å². The highest BCUT2D eigenvalue weighted by atomic mass is 15.0. The topological polar surface area (TPSA) is 156 Å². The number of aromatic nitrogens is 9. The quantitative estimate of drug-likeness (QED) is 0.115. The van der Waals surface area contributed by atoms with Gasteiger partial charge in [-0.1, -0.05) is 206 Å². The molecule has 0 atom stereocenters. The van der Waals surface area contributed by atoms with Crippen LogP contribution in [0.5, 0.6) is 0 Å². The summed E-state index contributed by atoms with van der Waals surface area (Å²) in [4.78, 5) is 41.6. The van der Waals surface area contributed by atoms with Crippen LogP contribution in [-0.2, 0) is 0 Å². The van der Waals surface area contributed by atoms with E-state index >= 15 is 0 Å². The van der Waals surface area contributed by atoms with Crippen LogP contribution in [0.4, 0.5) is 0 Å². The molecule has 0 aliphatic rings. The predicted molar refractivity (Wildman–Crippen MR) is 352 cm³/mol. The van der Waals surface area contributed by atoms with Gasteiger partial charge in [0, 0.05) is 72.0 Å². The van der Waals surface area contributed by atoms with Crippen molar-refractivity contribution in [1.82, 2.24) is 44.4 Å². The van der Waals surface area contributed by atoms with Crippen LogP contribution in [-0.4, -0.2) is 44.4 Å². The van der Waals surface area contributed by atoms with Crippen molar-refractivity contribution < 1.29 is 0 Å². The van der Waals surface area contributed by atoms with E-state index in [9.17, 15) is 10.5 Å². The fourth-order valence-electron chi connectivity index (χ4n) is 11.4. The monoisotopic (exact) mass is 1140 g/mol. The van der Waals surface area contributed by atoms with Gasteiger partial charge in [0.1, 0.15) is 0 Å². The van der Waals surface area contributed by atoms with Gasteiger partial charge in [0.25, 0.3) is 0 Å². The molecule has 0 bridgehead atoms. The summed E-state index contributed by atoms with van der Waals surface area (Å²) in [5.41, 5.74) is 16.2. The molecule has 11 nitrogen and oxygen atoms in total. The first-order chi connectivity index (χ1) is 44.0. The molecule has 15 aromatic rings. The summed E-state index contributed by atoms with van der Waals surface area (Å²) in [5, 5.41) is 22.2. The summed E-state index contributed by atoms with van der Waals surface area (Å²) in [6.45, 7) is 0. The highest BCUT2D eigenvalue weighted by Crippen LogP contribution is 2.46. The Kier molecular flexibility index (Phi) is 13.7. The van der Waals surface area contributed by atoms with Crippen molar-refractivity contribution in [1.29, 1.82) is 10.5 Å². The lowest BCUT2D eigenvalue weighted by molar-refractivity contribution is 1.07. The minimum absolute atomic E-state index is 0.502. The number of nitrogens with zero attached hydrogens (tertiary/aromatic N) is 11. The largest absolute Gasteiger partial charge is 0.308 e. The van der Waals surface area contributed by atoms with Crippen LogP contribution in [0.3, 0.4) is 0 Å². The summed E-state index contributed by atoms with van der Waals surface area (Å²) in [6, 6.07) is 99.3. The van der Waals surface area contributed by atoms with Gasteiger partial charge in [0.05, 0.1) is 51.4 Å². The molecule has 0 saturated carbocycles. The predicted octanol–water partition coefficient (Wildman–Crippen LogP) is 18.0. The Bertz CT molecular complexity index is 4790. The minimum atomic E-state index is 0.502. The number of hydrogen-bond donors (Lipinski definition) is 0. The number of fused-ring (bicyclic) bond motifs is 3. The van der Waals surface area contributed by atoms with E-state index in [0.29, 0.717) is 51.9 Å². The Hall–Kier alpha value is -12.7. The molecule has 4 heterocycles. The highest BCUT2D eigenvalue weighted by molar-refractivity contribution is 6.13. The molecule has 0 unspecified atom stereocenters. The van der Waals surface area contributed by atoms with Crippen molar-refractivity contribution in [2.45, 2.75) is 0 Å². The van der Waals surface area contributed by atoms with E-state index in [4.69, 9.17) is 39.9 Å². The van der Waals surface area contributed by atoms with Crippen LogP contribution < -0.4 is 0 Å². The van der Waals surface area contributed by atoms with Crippen molar-refractivity contribution in [3.8, 4) is 142 Å². The molecule has 11 aromatic carbocycles. The van der Waals surface area contributed by atoms with Gasteiger partial charge in [-0.25, -0.2) is 39.9 Å². The average Bonchev–Trinajstić information content (AvgIpc) is 1.70. The van der Waals surface area contributed by atoms with E-state index in [-0.39, 0.29) is 0 Å². The van der Waals surface area contributed by atoms with Gasteiger partial charge in [-0.3, -0.25) is 0 Å². The second kappa shape index (κ2) is 23.0. The van der Waals surface area contributed by atoms with Crippen LogP contribution in [0.25, 0.3) is 152 Å². The lowest BCUT2D eigenvalue weighted by Crippen LogP contribution is -2.03. The molecule has 11 heteroatoms. The van der Waals surface area contributed by atoms with Crippen LogP contribution in [0, 0.1) is 22.7 Å². The zero-order chi connectivity index (χ0) is 59.6. The SMILES string of the molecule is N#Cc1ccc(-c2cc(-c3nc(-c4ccccc4)cc(-c4ccccc4)n3)cc(-c3ccc(C#N)cc3)c2-n2c3ccc(-c4nc(-c5ccccc5)nc(-c5ccccc5)n4)cc3c3cc(-c4nc(-c5ccccc5)nc(-c5ccccc5)n4)ccc32)cc1. The van der Waals surface area contributed by atoms with Crippen LogP contribution in [0.1, 0.15) is 11.1 Å². The van der Waals surface area contributed by atoms with Crippen molar-refractivity contribution in [3.05, 3.63) is 296 Å². The Balaban J connectivity index is 1.04. The van der Waals surface area contributed by atoms with E-state index in [1.54, 1.807) is 0 Å². The zero-order valence-corrected chi connectivity index (χ0v) is 47.6. The maximum atomic E-state index is 10.2. The first-order valence-electron chi connectivity index (χ1n) is 29.0. The second-order valence-electron chi connectivity index (χ2n) is 21.4. The Morgan fingerprint density at radius 1 is 0.236 bits per heavy atom. The van der Waals surface area contributed by atoms with Crippen LogP contribution in [0.2, 0.25) is 0 Å². The zero-order valence-electron chi connectivity index (χ0n) is 47.6. The molecule has 0 aliphatic carbocycles. The van der Waals surface area contributed by atoms with Gasteiger partial charge < -0.3 is 4.57 Å². The summed E-state index contributed by atoms with van der Waals surface area (Å²) >= 11 is 0. The molecule has 0 amide bonds. The summed E-state index contributed by atoms with van der Waals surface area (Å²) in [5.74, 6) is 3.71. The van der Waals surface area contributed by atoms with Gasteiger partial charge >= 0.3 is 0 Å². The molecule has 4 aromatic heterocycles. The smallest absolute Gasteiger partial charge is 0.164 e. The maximum Gasteiger partial charge on any atom is 0.164 e. The van der Waals surface area contributed by atoms with Crippen molar-refractivity contribution in [3.63, 3.8) is 0 Å². The molecule has 0 aliphatic heterocycles. The van der Waals surface area contributed by atoms with Gasteiger partial charge in [0.2, 0.25) is 0 Å². The Morgan fingerprint density at radius 2 is 0.517 bits per heavy atom. The van der Waals surface area contributed by atoms with Gasteiger partial charge in [-0.05, 0) is 90.0 Å². The Morgan fingerprint density at radius 3 is 0.831 bits per heavy atom. The van der Waals surface area contributed by atoms with E-state index in [2.05, 4.69) is 89.5 Å². The number of rotatable bonds is 12. The van der Waals surface area contributed by atoms with Crippen molar-refractivity contribution in [2.24, 2.45) is 0 Å². The summed E-state index contributed by atoms with van der Waals surface area (Å²) < 4.78 is 2.32. The number of benzene rings is 11. The molecule has 0 fully saturated rings. The molecule has 414 valence electrons. The van der Waals surface area contributed by atoms with Crippen LogP contribution in [0.15, 0.2) is 285 Å². The third kappa shape index (κ3) is 10.4. The summed E-state index contributed by atoms with van der Waals surface area (Å²) in [7, 11) is 0. The lowest BCUT2D eigenvalue weighted by atomic mass is 9.91. The number of nitriles is 2. The third-order valence-corrected chi connectivity index (χ3v) is 15.8. The van der Waals surface area contributed by atoms with Crippen LogP contribution >= 0.6 is 0 Å². The van der Waals surface area contributed by atoms with Crippen molar-refractivity contribution >= 4 is 21.8 Å². The molecule has 89 heavy (non-hydrogen) atoms. The second-order valence-corrected chi connectivity index (χ2v) is 21.4. The fourth-order valence-corrected chi connectivity index (χ4v) is 11.4. The molecule has 0 N–H and O–H groups in total. The first kappa shape index (κ1) is 53.1. The van der Waals surface area contributed by atoms with Gasteiger partial charge in [0.15, 0.2) is 40.8 Å². The normalized spacial score (nSPS) is 11.1. The standard InChI is InChI=1S/C78H47N11/c79-48-50-31-35-52(36-32-50)63-45-62(78-81-67(54-19-7-1-8-20-54)47-68(82-78)55-21-9-2-10-22-55)46-64(53-37-33-51(49-80)34-38-53)71(63)89-69-41-39-60(76-85-72(56-23-11-3-12-24-56)83-73(86-76)57-25-13-4-14-26-57)43-65(69)66-44-61(40-42-70(66)89)77-87-74(58-27-15-5-16-28-58)84-75(88-77)59-29-17-6-18-30-59/h1-47H.